The van der Waals surface area contributed by atoms with Crippen molar-refractivity contribution in [2.45, 2.75) is 19.4 Å². The lowest BCUT2D eigenvalue weighted by Crippen LogP contribution is -2.13. The molecule has 3 rings (SSSR count). The van der Waals surface area contributed by atoms with E-state index in [0.29, 0.717) is 6.04 Å². The lowest BCUT2D eigenvalue weighted by Gasteiger charge is -2.06. The number of rotatable bonds is 1. The van der Waals surface area contributed by atoms with E-state index >= 15 is 0 Å². The summed E-state index contributed by atoms with van der Waals surface area (Å²) >= 11 is 3.50. The van der Waals surface area contributed by atoms with Crippen LogP contribution >= 0.6 is 15.9 Å². The lowest BCUT2D eigenvalue weighted by molar-refractivity contribution is 0.602. The van der Waals surface area contributed by atoms with E-state index in [1.165, 1.54) is 23.0 Å². The van der Waals surface area contributed by atoms with Crippen molar-refractivity contribution in [3.05, 3.63) is 34.4 Å². The van der Waals surface area contributed by atoms with Crippen molar-refractivity contribution in [2.24, 2.45) is 5.92 Å². The molecular formula is C13H15BrN2. The normalized spacial score (nSPS) is 25.4. The van der Waals surface area contributed by atoms with Crippen LogP contribution in [0.2, 0.25) is 0 Å². The molecule has 1 aliphatic heterocycles. The van der Waals surface area contributed by atoms with Crippen LogP contribution in [0, 0.1) is 5.92 Å². The number of nitrogens with one attached hydrogen (secondary N) is 2. The van der Waals surface area contributed by atoms with Gasteiger partial charge >= 0.3 is 0 Å². The third-order valence-corrected chi connectivity index (χ3v) is 3.82. The van der Waals surface area contributed by atoms with E-state index in [4.69, 9.17) is 0 Å². The smallest absolute Gasteiger partial charge is 0.0476 e. The first-order chi connectivity index (χ1) is 7.72. The zero-order valence-corrected chi connectivity index (χ0v) is 10.8. The molecule has 1 unspecified atom stereocenters. The van der Waals surface area contributed by atoms with Crippen molar-refractivity contribution in [1.82, 2.24) is 10.3 Å². The van der Waals surface area contributed by atoms with E-state index < -0.39 is 0 Å². The van der Waals surface area contributed by atoms with Crippen LogP contribution in [0.4, 0.5) is 0 Å². The number of aromatic nitrogens is 1. The molecule has 2 aromatic rings. The maximum Gasteiger partial charge on any atom is 0.0476 e. The van der Waals surface area contributed by atoms with Gasteiger partial charge in [0.15, 0.2) is 0 Å². The van der Waals surface area contributed by atoms with Crippen LogP contribution in [0.25, 0.3) is 10.9 Å². The van der Waals surface area contributed by atoms with E-state index in [9.17, 15) is 0 Å². The molecule has 2 N–H and O–H groups in total. The number of hydrogen-bond acceptors (Lipinski definition) is 1. The van der Waals surface area contributed by atoms with Crippen LogP contribution in [-0.2, 0) is 0 Å². The number of benzene rings is 1. The Balaban J connectivity index is 1.99. The Hall–Kier alpha value is -0.800. The van der Waals surface area contributed by atoms with Crippen molar-refractivity contribution in [1.29, 1.82) is 0 Å². The Kier molecular flexibility index (Phi) is 2.52. The van der Waals surface area contributed by atoms with Crippen LogP contribution in [0.1, 0.15) is 25.1 Å². The van der Waals surface area contributed by atoms with E-state index in [0.717, 1.165) is 16.9 Å². The van der Waals surface area contributed by atoms with E-state index in [-0.39, 0.29) is 0 Å². The van der Waals surface area contributed by atoms with Crippen LogP contribution in [0.5, 0.6) is 0 Å². The molecule has 1 aromatic carbocycles. The quantitative estimate of drug-likeness (QED) is 0.820. The fraction of sp³-hybridized carbons (Fsp3) is 0.385. The summed E-state index contributed by atoms with van der Waals surface area (Å²) in [6, 6.07) is 9.14. The molecule has 1 fully saturated rings. The highest BCUT2D eigenvalue weighted by molar-refractivity contribution is 9.10. The van der Waals surface area contributed by atoms with E-state index in [2.05, 4.69) is 57.4 Å². The van der Waals surface area contributed by atoms with Gasteiger partial charge in [-0.3, -0.25) is 0 Å². The van der Waals surface area contributed by atoms with Crippen LogP contribution in [0.15, 0.2) is 28.7 Å². The van der Waals surface area contributed by atoms with E-state index in [1.807, 2.05) is 0 Å². The van der Waals surface area contributed by atoms with Gasteiger partial charge in [-0.1, -0.05) is 28.9 Å². The van der Waals surface area contributed by atoms with Crippen molar-refractivity contribution < 1.29 is 0 Å². The number of fused-ring (bicyclic) bond motifs is 1. The van der Waals surface area contributed by atoms with Gasteiger partial charge in [-0.15, -0.1) is 0 Å². The molecule has 0 radical (unpaired) electrons. The maximum absolute atomic E-state index is 3.56. The Morgan fingerprint density at radius 2 is 2.19 bits per heavy atom. The fourth-order valence-electron chi connectivity index (χ4n) is 2.46. The van der Waals surface area contributed by atoms with Crippen molar-refractivity contribution >= 4 is 26.8 Å². The zero-order chi connectivity index (χ0) is 11.1. The SMILES string of the molecule is C[C@@H]1CNC(c2cc3ccc(Br)cc3[nH]2)C1. The standard InChI is InChI=1S/C13H15BrN2/c1-8-4-12(15-7-8)13-5-9-2-3-10(14)6-11(9)16-13/h2-3,5-6,8,12,15-16H,4,7H2,1H3/t8-,12?/m0/s1. The van der Waals surface area contributed by atoms with Gasteiger partial charge in [0.2, 0.25) is 0 Å². The van der Waals surface area contributed by atoms with Gasteiger partial charge in [-0.05, 0) is 42.5 Å². The highest BCUT2D eigenvalue weighted by Crippen LogP contribution is 2.29. The second-order valence-corrected chi connectivity index (χ2v) is 5.67. The molecule has 1 aromatic heterocycles. The Morgan fingerprint density at radius 3 is 2.94 bits per heavy atom. The Morgan fingerprint density at radius 1 is 1.31 bits per heavy atom. The second-order valence-electron chi connectivity index (χ2n) is 4.76. The predicted molar refractivity (Wildman–Crippen MR) is 70.5 cm³/mol. The summed E-state index contributed by atoms with van der Waals surface area (Å²) in [6.07, 6.45) is 1.23. The van der Waals surface area contributed by atoms with Crippen LogP contribution in [0.3, 0.4) is 0 Å². The van der Waals surface area contributed by atoms with Crippen molar-refractivity contribution in [2.75, 3.05) is 6.54 Å². The highest BCUT2D eigenvalue weighted by atomic mass is 79.9. The maximum atomic E-state index is 3.56. The van der Waals surface area contributed by atoms with Crippen molar-refractivity contribution in [3.8, 4) is 0 Å². The highest BCUT2D eigenvalue weighted by Gasteiger charge is 2.23. The molecule has 2 heterocycles. The first-order valence-corrected chi connectivity index (χ1v) is 6.53. The Bertz CT molecular complexity index is 518. The number of halogens is 1. The van der Waals surface area contributed by atoms with Crippen LogP contribution in [-0.4, -0.2) is 11.5 Å². The monoisotopic (exact) mass is 278 g/mol. The molecule has 2 nitrogen and oxygen atoms in total. The number of H-pyrrole nitrogens is 1. The predicted octanol–water partition coefficient (Wildman–Crippen LogP) is 3.60. The minimum Gasteiger partial charge on any atom is -0.357 e. The molecule has 84 valence electrons. The van der Waals surface area contributed by atoms with Crippen LogP contribution < -0.4 is 5.32 Å². The van der Waals surface area contributed by atoms with Gasteiger partial charge in [0.1, 0.15) is 0 Å². The molecule has 3 heteroatoms. The largest absolute Gasteiger partial charge is 0.357 e. The summed E-state index contributed by atoms with van der Waals surface area (Å²) in [6.45, 7) is 3.43. The van der Waals surface area contributed by atoms with Gasteiger partial charge in [0.25, 0.3) is 0 Å². The summed E-state index contributed by atoms with van der Waals surface area (Å²) < 4.78 is 1.13. The minimum atomic E-state index is 0.501. The lowest BCUT2D eigenvalue weighted by atomic mass is 10.1. The first-order valence-electron chi connectivity index (χ1n) is 5.74. The molecule has 1 aliphatic rings. The molecule has 0 bridgehead atoms. The number of aromatic amines is 1. The third kappa shape index (κ3) is 1.78. The van der Waals surface area contributed by atoms with Gasteiger partial charge < -0.3 is 10.3 Å². The summed E-state index contributed by atoms with van der Waals surface area (Å²) in [5.74, 6) is 0.781. The molecule has 0 saturated carbocycles. The molecule has 1 saturated heterocycles. The topological polar surface area (TPSA) is 27.8 Å². The summed E-state index contributed by atoms with van der Waals surface area (Å²) in [4.78, 5) is 3.51. The minimum absolute atomic E-state index is 0.501. The molecule has 16 heavy (non-hydrogen) atoms. The third-order valence-electron chi connectivity index (χ3n) is 3.33. The fourth-order valence-corrected chi connectivity index (χ4v) is 2.82. The molecular weight excluding hydrogens is 264 g/mol. The van der Waals surface area contributed by atoms with E-state index in [1.54, 1.807) is 0 Å². The molecule has 2 atom stereocenters. The van der Waals surface area contributed by atoms with Gasteiger partial charge in [0.05, 0.1) is 0 Å². The van der Waals surface area contributed by atoms with Gasteiger partial charge in [-0.25, -0.2) is 0 Å². The first kappa shape index (κ1) is 10.4. The average Bonchev–Trinajstić information content (AvgIpc) is 2.83. The summed E-state index contributed by atoms with van der Waals surface area (Å²) in [5, 5.41) is 4.85. The molecule has 0 aliphatic carbocycles. The average molecular weight is 279 g/mol. The Labute approximate surface area is 104 Å². The van der Waals surface area contributed by atoms with Crippen molar-refractivity contribution in [3.63, 3.8) is 0 Å². The number of hydrogen-bond donors (Lipinski definition) is 2. The molecule has 0 spiro atoms. The summed E-state index contributed by atoms with van der Waals surface area (Å²) in [7, 11) is 0. The second kappa shape index (κ2) is 3.90. The van der Waals surface area contributed by atoms with Gasteiger partial charge in [0, 0.05) is 21.7 Å². The summed E-state index contributed by atoms with van der Waals surface area (Å²) in [5.41, 5.74) is 2.53. The zero-order valence-electron chi connectivity index (χ0n) is 9.26. The van der Waals surface area contributed by atoms with Gasteiger partial charge in [-0.2, -0.15) is 0 Å². The molecule has 0 amide bonds.